The smallest absolute Gasteiger partial charge is 0.214 e. The van der Waals surface area contributed by atoms with Crippen molar-refractivity contribution in [3.05, 3.63) is 22.8 Å². The molecule has 0 bridgehead atoms. The highest BCUT2D eigenvalue weighted by Crippen LogP contribution is 2.20. The van der Waals surface area contributed by atoms with Crippen molar-refractivity contribution in [1.29, 1.82) is 0 Å². The highest BCUT2D eigenvalue weighted by Gasteiger charge is 2.00. The molecule has 0 radical (unpaired) electrons. The molecule has 1 rings (SSSR count). The minimum Gasteiger partial charge on any atom is -0.481 e. The van der Waals surface area contributed by atoms with Crippen molar-refractivity contribution in [3.63, 3.8) is 0 Å². The van der Waals surface area contributed by atoms with Crippen molar-refractivity contribution in [2.75, 3.05) is 7.11 Å². The number of hydrogen-bond acceptors (Lipinski definition) is 2. The number of halogens is 2. The fourth-order valence-corrected chi connectivity index (χ4v) is 1.14. The predicted molar refractivity (Wildman–Crippen MR) is 45.4 cm³/mol. The minimum atomic E-state index is 0.371. The normalized spacial score (nSPS) is 9.73. The van der Waals surface area contributed by atoms with Crippen molar-refractivity contribution in [1.82, 2.24) is 4.98 Å². The molecule has 0 atom stereocenters. The average molecular weight is 192 g/mol. The lowest BCUT2D eigenvalue weighted by atomic mass is 10.3. The van der Waals surface area contributed by atoms with Crippen LogP contribution in [0, 0.1) is 0 Å². The van der Waals surface area contributed by atoms with E-state index in [9.17, 15) is 0 Å². The molecule has 0 saturated heterocycles. The maximum atomic E-state index is 5.80. The van der Waals surface area contributed by atoms with Crippen molar-refractivity contribution < 1.29 is 4.74 Å². The summed E-state index contributed by atoms with van der Waals surface area (Å²) in [6.45, 7) is 0. The zero-order chi connectivity index (χ0) is 8.27. The topological polar surface area (TPSA) is 22.1 Å². The second-order valence-corrected chi connectivity index (χ2v) is 2.63. The molecule has 0 aliphatic rings. The lowest BCUT2D eigenvalue weighted by Gasteiger charge is -2.01. The first-order valence-electron chi connectivity index (χ1n) is 3.02. The summed E-state index contributed by atoms with van der Waals surface area (Å²) in [6.07, 6.45) is 1.61. The van der Waals surface area contributed by atoms with E-state index in [1.807, 2.05) is 0 Å². The van der Waals surface area contributed by atoms with E-state index in [1.165, 1.54) is 0 Å². The van der Waals surface area contributed by atoms with E-state index in [0.717, 1.165) is 5.56 Å². The van der Waals surface area contributed by atoms with E-state index in [4.69, 9.17) is 27.9 Å². The fraction of sp³-hybridized carbons (Fsp3) is 0.286. The van der Waals surface area contributed by atoms with Crippen LogP contribution in [-0.4, -0.2) is 12.1 Å². The van der Waals surface area contributed by atoms with Crippen LogP contribution in [0.25, 0.3) is 0 Å². The summed E-state index contributed by atoms with van der Waals surface area (Å²) in [5, 5.41) is 0.590. The molecule has 0 aromatic carbocycles. The van der Waals surface area contributed by atoms with Gasteiger partial charge in [-0.1, -0.05) is 11.6 Å². The van der Waals surface area contributed by atoms with E-state index >= 15 is 0 Å². The molecule has 4 heteroatoms. The summed E-state index contributed by atoms with van der Waals surface area (Å²) >= 11 is 11.4. The molecule has 60 valence electrons. The zero-order valence-corrected chi connectivity index (χ0v) is 7.49. The highest BCUT2D eigenvalue weighted by molar-refractivity contribution is 6.32. The molecule has 0 aliphatic carbocycles. The number of rotatable bonds is 2. The highest BCUT2D eigenvalue weighted by atomic mass is 35.5. The van der Waals surface area contributed by atoms with E-state index in [2.05, 4.69) is 4.98 Å². The first-order chi connectivity index (χ1) is 5.27. The van der Waals surface area contributed by atoms with Gasteiger partial charge >= 0.3 is 0 Å². The lowest BCUT2D eigenvalue weighted by Crippen LogP contribution is -1.89. The molecule has 1 heterocycles. The molecular weight excluding hydrogens is 185 g/mol. The molecule has 0 saturated carbocycles. The van der Waals surface area contributed by atoms with Gasteiger partial charge in [0.15, 0.2) is 0 Å². The molecular formula is C7H7Cl2NO. The van der Waals surface area contributed by atoms with Gasteiger partial charge in [-0.05, 0) is 0 Å². The Balaban J connectivity index is 2.99. The first-order valence-corrected chi connectivity index (χ1v) is 3.93. The molecule has 11 heavy (non-hydrogen) atoms. The summed E-state index contributed by atoms with van der Waals surface area (Å²) in [5.74, 6) is 0.874. The third-order valence-electron chi connectivity index (χ3n) is 1.26. The molecule has 0 aliphatic heterocycles. The van der Waals surface area contributed by atoms with Gasteiger partial charge in [-0.2, -0.15) is 0 Å². The summed E-state index contributed by atoms with van der Waals surface area (Å²) in [7, 11) is 1.54. The fourth-order valence-electron chi connectivity index (χ4n) is 0.652. The number of nitrogens with zero attached hydrogens (tertiary/aromatic N) is 1. The van der Waals surface area contributed by atoms with Crippen LogP contribution in [0.4, 0.5) is 0 Å². The summed E-state index contributed by atoms with van der Waals surface area (Å²) in [5.41, 5.74) is 0.814. The Kier molecular flexibility index (Phi) is 2.97. The molecule has 0 spiro atoms. The summed E-state index contributed by atoms with van der Waals surface area (Å²) in [4.78, 5) is 3.94. The Morgan fingerprint density at radius 3 is 2.82 bits per heavy atom. The number of ether oxygens (including phenoxy) is 1. The van der Waals surface area contributed by atoms with Crippen LogP contribution in [0.5, 0.6) is 5.88 Å². The second kappa shape index (κ2) is 3.79. The molecule has 0 unspecified atom stereocenters. The number of aromatic nitrogens is 1. The van der Waals surface area contributed by atoms with Crippen LogP contribution in [0.2, 0.25) is 5.02 Å². The molecule has 1 aromatic heterocycles. The SMILES string of the molecule is COc1cc(Cl)c(CCl)cn1. The Morgan fingerprint density at radius 2 is 2.36 bits per heavy atom. The maximum Gasteiger partial charge on any atom is 0.214 e. The van der Waals surface area contributed by atoms with Gasteiger partial charge in [-0.15, -0.1) is 11.6 Å². The van der Waals surface area contributed by atoms with Gasteiger partial charge in [0.1, 0.15) is 0 Å². The van der Waals surface area contributed by atoms with Gasteiger partial charge in [0.2, 0.25) is 5.88 Å². The van der Waals surface area contributed by atoms with Crippen LogP contribution >= 0.6 is 23.2 Å². The number of hydrogen-bond donors (Lipinski definition) is 0. The molecule has 1 aromatic rings. The summed E-state index contributed by atoms with van der Waals surface area (Å²) < 4.78 is 4.86. The van der Waals surface area contributed by atoms with Crippen molar-refractivity contribution in [3.8, 4) is 5.88 Å². The number of methoxy groups -OCH3 is 1. The van der Waals surface area contributed by atoms with Crippen LogP contribution in [0.3, 0.4) is 0 Å². The van der Waals surface area contributed by atoms with Crippen LogP contribution < -0.4 is 4.74 Å². The van der Waals surface area contributed by atoms with E-state index in [0.29, 0.717) is 16.8 Å². The number of pyridine rings is 1. The van der Waals surface area contributed by atoms with Gasteiger partial charge < -0.3 is 4.74 Å². The van der Waals surface area contributed by atoms with E-state index < -0.39 is 0 Å². The Labute approximate surface area is 75.1 Å². The van der Waals surface area contributed by atoms with Crippen molar-refractivity contribution in [2.24, 2.45) is 0 Å². The largest absolute Gasteiger partial charge is 0.481 e. The zero-order valence-electron chi connectivity index (χ0n) is 5.97. The monoisotopic (exact) mass is 191 g/mol. The van der Waals surface area contributed by atoms with Crippen LogP contribution in [0.1, 0.15) is 5.56 Å². The molecule has 0 N–H and O–H groups in total. The van der Waals surface area contributed by atoms with Crippen molar-refractivity contribution in [2.45, 2.75) is 5.88 Å². The Bertz CT molecular complexity index is 252. The quantitative estimate of drug-likeness (QED) is 0.671. The molecule has 0 fully saturated rings. The lowest BCUT2D eigenvalue weighted by molar-refractivity contribution is 0.397. The van der Waals surface area contributed by atoms with Gasteiger partial charge in [-0.25, -0.2) is 4.98 Å². The Morgan fingerprint density at radius 1 is 1.64 bits per heavy atom. The van der Waals surface area contributed by atoms with E-state index in [-0.39, 0.29) is 0 Å². The van der Waals surface area contributed by atoms with Gasteiger partial charge in [0.05, 0.1) is 18.0 Å². The predicted octanol–water partition coefficient (Wildman–Crippen LogP) is 2.48. The van der Waals surface area contributed by atoms with Gasteiger partial charge in [0, 0.05) is 17.8 Å². The Hall–Kier alpha value is -0.470. The average Bonchev–Trinajstić information content (AvgIpc) is 2.04. The molecule has 2 nitrogen and oxygen atoms in total. The standard InChI is InChI=1S/C7H7Cl2NO/c1-11-7-2-6(9)5(3-8)4-10-7/h2,4H,3H2,1H3. The van der Waals surface area contributed by atoms with Crippen molar-refractivity contribution >= 4 is 23.2 Å². The van der Waals surface area contributed by atoms with Crippen LogP contribution in [-0.2, 0) is 5.88 Å². The second-order valence-electron chi connectivity index (χ2n) is 1.95. The third-order valence-corrected chi connectivity index (χ3v) is 1.90. The van der Waals surface area contributed by atoms with E-state index in [1.54, 1.807) is 19.4 Å². The third kappa shape index (κ3) is 1.98. The minimum absolute atomic E-state index is 0.371. The van der Waals surface area contributed by atoms with Gasteiger partial charge in [-0.3, -0.25) is 0 Å². The summed E-state index contributed by atoms with van der Waals surface area (Å²) in [6, 6.07) is 1.64. The maximum absolute atomic E-state index is 5.80. The van der Waals surface area contributed by atoms with Crippen LogP contribution in [0.15, 0.2) is 12.3 Å². The van der Waals surface area contributed by atoms with Gasteiger partial charge in [0.25, 0.3) is 0 Å². The molecule has 0 amide bonds. The first kappa shape index (κ1) is 8.62. The number of alkyl halides is 1.